The Morgan fingerprint density at radius 3 is 1.71 bits per heavy atom. The minimum absolute atomic E-state index is 0.391. The minimum atomic E-state index is -3.95. The SMILES string of the molecule is CCCN1CCC[C@@H](c2cccc(S(C)(=O)=O)c2)C1.O=C(O)C(O)(C(=O)c1ccccc1)C(O)(C(=O)O)C(=O)c1ccccc1. The average molecular weight is 640 g/mol. The molecule has 1 heterocycles. The van der Waals surface area contributed by atoms with E-state index in [0.717, 1.165) is 43.8 Å². The van der Waals surface area contributed by atoms with Gasteiger partial charge in [0, 0.05) is 23.9 Å². The summed E-state index contributed by atoms with van der Waals surface area (Å²) in [4.78, 5) is 51.5. The van der Waals surface area contributed by atoms with Crippen LogP contribution in [0.3, 0.4) is 0 Å². The van der Waals surface area contributed by atoms with Crippen molar-refractivity contribution in [1.29, 1.82) is 0 Å². The van der Waals surface area contributed by atoms with E-state index in [2.05, 4.69) is 17.9 Å². The number of aliphatic hydroxyl groups is 2. The van der Waals surface area contributed by atoms with Gasteiger partial charge in [0.1, 0.15) is 0 Å². The van der Waals surface area contributed by atoms with E-state index in [4.69, 9.17) is 0 Å². The summed E-state index contributed by atoms with van der Waals surface area (Å²) in [5, 5.41) is 39.9. The molecular formula is C33H37NO10S. The molecule has 3 aromatic rings. The summed E-state index contributed by atoms with van der Waals surface area (Å²) in [6.07, 6.45) is 4.81. The number of benzene rings is 3. The second kappa shape index (κ2) is 14.7. The second-order valence-electron chi connectivity index (χ2n) is 10.9. The molecule has 240 valence electrons. The number of nitrogens with zero attached hydrogens (tertiary/aromatic N) is 1. The molecule has 3 aromatic carbocycles. The van der Waals surface area contributed by atoms with Crippen LogP contribution in [-0.4, -0.2) is 94.3 Å². The number of rotatable bonds is 11. The first kappa shape index (κ1) is 35.3. The Hall–Kier alpha value is -4.23. The van der Waals surface area contributed by atoms with E-state index in [1.54, 1.807) is 6.07 Å². The first-order valence-electron chi connectivity index (χ1n) is 14.3. The number of likely N-dealkylation sites (tertiary alicyclic amines) is 1. The van der Waals surface area contributed by atoms with Gasteiger partial charge in [-0.05, 0) is 56.0 Å². The van der Waals surface area contributed by atoms with Gasteiger partial charge in [-0.25, -0.2) is 18.0 Å². The maximum atomic E-state index is 12.6. The Morgan fingerprint density at radius 2 is 1.29 bits per heavy atom. The van der Waals surface area contributed by atoms with E-state index < -0.39 is 55.7 Å². The van der Waals surface area contributed by atoms with Crippen LogP contribution in [-0.2, 0) is 19.4 Å². The predicted molar refractivity (Wildman–Crippen MR) is 165 cm³/mol. The number of hydrogen-bond donors (Lipinski definition) is 4. The van der Waals surface area contributed by atoms with Gasteiger partial charge in [0.05, 0.1) is 4.90 Å². The van der Waals surface area contributed by atoms with Crippen molar-refractivity contribution in [3.8, 4) is 0 Å². The third-order valence-corrected chi connectivity index (χ3v) is 8.79. The summed E-state index contributed by atoms with van der Waals surface area (Å²) in [5.74, 6) is -7.55. The molecule has 4 N–H and O–H groups in total. The molecule has 0 saturated carbocycles. The monoisotopic (exact) mass is 639 g/mol. The predicted octanol–water partition coefficient (Wildman–Crippen LogP) is 3.06. The lowest BCUT2D eigenvalue weighted by Crippen LogP contribution is -2.71. The minimum Gasteiger partial charge on any atom is -0.479 e. The van der Waals surface area contributed by atoms with Gasteiger partial charge in [-0.3, -0.25) is 9.59 Å². The van der Waals surface area contributed by atoms with Crippen molar-refractivity contribution in [2.45, 2.75) is 48.2 Å². The highest BCUT2D eigenvalue weighted by molar-refractivity contribution is 7.90. The molecule has 0 bridgehead atoms. The van der Waals surface area contributed by atoms with Gasteiger partial charge in [0.25, 0.3) is 11.2 Å². The van der Waals surface area contributed by atoms with Crippen LogP contribution in [0.2, 0.25) is 0 Å². The summed E-state index contributed by atoms with van der Waals surface area (Å²) in [6, 6.07) is 20.3. The maximum Gasteiger partial charge on any atom is 0.348 e. The fourth-order valence-electron chi connectivity index (χ4n) is 5.28. The fourth-order valence-corrected chi connectivity index (χ4v) is 5.95. The fraction of sp³-hybridized carbons (Fsp3) is 0.333. The maximum absolute atomic E-state index is 12.6. The van der Waals surface area contributed by atoms with Crippen LogP contribution >= 0.6 is 0 Å². The van der Waals surface area contributed by atoms with Crippen LogP contribution in [0.15, 0.2) is 89.8 Å². The average Bonchev–Trinajstić information content (AvgIpc) is 3.04. The normalized spacial score (nSPS) is 17.9. The smallest absolute Gasteiger partial charge is 0.348 e. The molecule has 4 rings (SSSR count). The van der Waals surface area contributed by atoms with Gasteiger partial charge in [-0.15, -0.1) is 0 Å². The van der Waals surface area contributed by atoms with Crippen LogP contribution in [0.4, 0.5) is 0 Å². The zero-order chi connectivity index (χ0) is 33.4. The molecule has 0 radical (unpaired) electrons. The van der Waals surface area contributed by atoms with Crippen molar-refractivity contribution in [3.63, 3.8) is 0 Å². The van der Waals surface area contributed by atoms with Gasteiger partial charge in [0.15, 0.2) is 9.84 Å². The van der Waals surface area contributed by atoms with Gasteiger partial charge < -0.3 is 25.3 Å². The van der Waals surface area contributed by atoms with E-state index in [-0.39, 0.29) is 0 Å². The summed E-state index contributed by atoms with van der Waals surface area (Å²) in [6.45, 7) is 5.58. The number of ketones is 2. The number of carbonyl (C=O) groups excluding carboxylic acids is 2. The summed E-state index contributed by atoms with van der Waals surface area (Å²) in [7, 11) is -3.10. The van der Waals surface area contributed by atoms with Crippen LogP contribution < -0.4 is 0 Å². The van der Waals surface area contributed by atoms with E-state index in [0.29, 0.717) is 10.8 Å². The summed E-state index contributed by atoms with van der Waals surface area (Å²) >= 11 is 0. The third-order valence-electron chi connectivity index (χ3n) is 7.67. The van der Waals surface area contributed by atoms with Crippen molar-refractivity contribution in [2.75, 3.05) is 25.9 Å². The molecule has 0 amide bonds. The highest BCUT2D eigenvalue weighted by atomic mass is 32.2. The van der Waals surface area contributed by atoms with Crippen molar-refractivity contribution < 1.29 is 48.0 Å². The largest absolute Gasteiger partial charge is 0.479 e. The first-order chi connectivity index (χ1) is 21.2. The van der Waals surface area contributed by atoms with Crippen LogP contribution in [0.1, 0.15) is 58.4 Å². The number of carboxylic acid groups (broad SMARTS) is 2. The zero-order valence-corrected chi connectivity index (χ0v) is 25.8. The molecule has 1 aliphatic heterocycles. The molecule has 0 aliphatic carbocycles. The molecule has 45 heavy (non-hydrogen) atoms. The van der Waals surface area contributed by atoms with Crippen LogP contribution in [0.25, 0.3) is 0 Å². The number of sulfone groups is 1. The molecule has 11 nitrogen and oxygen atoms in total. The van der Waals surface area contributed by atoms with E-state index in [1.807, 2.05) is 12.1 Å². The number of piperidine rings is 1. The number of hydrogen-bond acceptors (Lipinski definition) is 9. The molecular weight excluding hydrogens is 602 g/mol. The van der Waals surface area contributed by atoms with E-state index >= 15 is 0 Å². The molecule has 0 aromatic heterocycles. The Balaban J connectivity index is 0.000000257. The quantitative estimate of drug-likeness (QED) is 0.178. The molecule has 2 unspecified atom stereocenters. The van der Waals surface area contributed by atoms with E-state index in [1.165, 1.54) is 67.6 Å². The highest BCUT2D eigenvalue weighted by Crippen LogP contribution is 2.32. The zero-order valence-electron chi connectivity index (χ0n) is 25.0. The number of carbonyl (C=O) groups is 4. The molecule has 1 fully saturated rings. The molecule has 3 atom stereocenters. The Morgan fingerprint density at radius 1 is 0.800 bits per heavy atom. The number of carboxylic acids is 2. The molecule has 12 heteroatoms. The van der Waals surface area contributed by atoms with Crippen molar-refractivity contribution in [3.05, 3.63) is 102 Å². The van der Waals surface area contributed by atoms with Gasteiger partial charge in [-0.1, -0.05) is 79.7 Å². The van der Waals surface area contributed by atoms with Crippen molar-refractivity contribution in [1.82, 2.24) is 4.90 Å². The molecule has 1 saturated heterocycles. The van der Waals surface area contributed by atoms with Gasteiger partial charge in [0.2, 0.25) is 11.6 Å². The summed E-state index contributed by atoms with van der Waals surface area (Å²) < 4.78 is 23.2. The molecule has 0 spiro atoms. The Bertz CT molecular complexity index is 1550. The van der Waals surface area contributed by atoms with E-state index in [9.17, 15) is 48.0 Å². The lowest BCUT2D eigenvalue weighted by Gasteiger charge is -2.34. The van der Waals surface area contributed by atoms with Crippen molar-refractivity contribution in [2.24, 2.45) is 0 Å². The Kier molecular flexibility index (Phi) is 11.5. The number of Topliss-reactive ketones (excluding diaryl/α,β-unsaturated/α-hetero) is 2. The topological polar surface area (TPSA) is 187 Å². The standard InChI is InChI=1S/C18H14O8.C15H23NO2S/c19-13(11-7-3-1-4-8-11)17(25,15(21)22)18(26,16(23)24)14(20)12-9-5-2-6-10-12;1-3-9-16-10-5-7-14(12-16)13-6-4-8-15(11-13)19(2,17)18/h1-10,25-26H,(H,21,22)(H,23,24);4,6,8,11,14H,3,5,7,9-10,12H2,1-2H3/t;14-/m.1/s1. The second-order valence-corrected chi connectivity index (χ2v) is 12.9. The Labute approximate surface area is 261 Å². The van der Waals surface area contributed by atoms with Crippen LogP contribution in [0, 0.1) is 0 Å². The van der Waals surface area contributed by atoms with Crippen LogP contribution in [0.5, 0.6) is 0 Å². The lowest BCUT2D eigenvalue weighted by atomic mass is 9.73. The van der Waals surface area contributed by atoms with Gasteiger partial charge in [-0.2, -0.15) is 0 Å². The van der Waals surface area contributed by atoms with Crippen molar-refractivity contribution >= 4 is 33.3 Å². The highest BCUT2D eigenvalue weighted by Gasteiger charge is 2.69. The first-order valence-corrected chi connectivity index (χ1v) is 16.2. The third kappa shape index (κ3) is 7.71. The summed E-state index contributed by atoms with van der Waals surface area (Å²) in [5.41, 5.74) is -7.51. The lowest BCUT2D eigenvalue weighted by molar-refractivity contribution is -0.187. The van der Waals surface area contributed by atoms with Gasteiger partial charge >= 0.3 is 11.9 Å². The molecule has 1 aliphatic rings. The number of aliphatic carboxylic acids is 2.